The molecule has 0 aliphatic carbocycles. The van der Waals surface area contributed by atoms with E-state index in [1.54, 1.807) is 0 Å². The molecule has 0 N–H and O–H groups in total. The molecule has 0 saturated carbocycles. The van der Waals surface area contributed by atoms with Gasteiger partial charge >= 0.3 is 0 Å². The predicted octanol–water partition coefficient (Wildman–Crippen LogP) is 2.33. The predicted molar refractivity (Wildman–Crippen MR) is 56.9 cm³/mol. The minimum absolute atomic E-state index is 0.371. The van der Waals surface area contributed by atoms with Crippen LogP contribution in [0.15, 0.2) is 0 Å². The zero-order chi connectivity index (χ0) is 10.3. The molecule has 78 valence electrons. The number of ketones is 1. The summed E-state index contributed by atoms with van der Waals surface area (Å²) in [5.41, 5.74) is 0. The molecule has 13 heavy (non-hydrogen) atoms. The number of rotatable bonds is 2. The van der Waals surface area contributed by atoms with Crippen molar-refractivity contribution in [1.82, 2.24) is 4.90 Å². The molecule has 1 aliphatic heterocycles. The number of carbonyl (C=O) groups is 1. The Morgan fingerprint density at radius 3 is 2.15 bits per heavy atom. The van der Waals surface area contributed by atoms with Crippen LogP contribution in [0.25, 0.3) is 0 Å². The number of nitrogens with zero attached hydrogens (tertiary/aromatic N) is 1. The van der Waals surface area contributed by atoms with E-state index in [0.29, 0.717) is 18.1 Å². The van der Waals surface area contributed by atoms with Gasteiger partial charge in [0.1, 0.15) is 5.78 Å². The Balaban J connectivity index is 0.000000671. The Hall–Kier alpha value is -0.370. The molecule has 0 aromatic heterocycles. The monoisotopic (exact) mass is 185 g/mol. The van der Waals surface area contributed by atoms with Gasteiger partial charge in [0.05, 0.1) is 0 Å². The summed E-state index contributed by atoms with van der Waals surface area (Å²) in [5, 5.41) is 0. The summed E-state index contributed by atoms with van der Waals surface area (Å²) in [7, 11) is 2.12. The van der Waals surface area contributed by atoms with Crippen molar-refractivity contribution in [3.05, 3.63) is 0 Å². The third-order valence-corrected chi connectivity index (χ3v) is 2.52. The maximum absolute atomic E-state index is 11.3. The lowest BCUT2D eigenvalue weighted by atomic mass is 9.92. The van der Waals surface area contributed by atoms with E-state index in [4.69, 9.17) is 0 Å². The van der Waals surface area contributed by atoms with E-state index in [1.165, 1.54) is 0 Å². The number of likely N-dealkylation sites (tertiary alicyclic amines) is 1. The smallest absolute Gasteiger partial charge is 0.135 e. The lowest BCUT2D eigenvalue weighted by Gasteiger charge is -2.27. The van der Waals surface area contributed by atoms with Gasteiger partial charge < -0.3 is 4.90 Å². The molecule has 2 nitrogen and oxygen atoms in total. The molecule has 0 radical (unpaired) electrons. The second-order valence-electron chi connectivity index (χ2n) is 3.40. The molecule has 0 unspecified atom stereocenters. The van der Waals surface area contributed by atoms with Crippen LogP contribution in [0.5, 0.6) is 0 Å². The van der Waals surface area contributed by atoms with Gasteiger partial charge in [-0.05, 0) is 33.0 Å². The maximum atomic E-state index is 11.3. The minimum Gasteiger partial charge on any atom is -0.306 e. The fourth-order valence-electron chi connectivity index (χ4n) is 1.62. The van der Waals surface area contributed by atoms with E-state index in [9.17, 15) is 4.79 Å². The van der Waals surface area contributed by atoms with Crippen LogP contribution in [0.3, 0.4) is 0 Å². The Kier molecular flexibility index (Phi) is 6.87. The number of piperidine rings is 1. The third-order valence-electron chi connectivity index (χ3n) is 2.52. The first-order valence-corrected chi connectivity index (χ1v) is 5.45. The van der Waals surface area contributed by atoms with Gasteiger partial charge in [0.25, 0.3) is 0 Å². The van der Waals surface area contributed by atoms with Crippen LogP contribution < -0.4 is 0 Å². The van der Waals surface area contributed by atoms with Gasteiger partial charge in [0.15, 0.2) is 0 Å². The van der Waals surface area contributed by atoms with Crippen molar-refractivity contribution in [2.24, 2.45) is 5.92 Å². The van der Waals surface area contributed by atoms with Gasteiger partial charge in [-0.2, -0.15) is 0 Å². The largest absolute Gasteiger partial charge is 0.306 e. The minimum atomic E-state index is 0.371. The van der Waals surface area contributed by atoms with Crippen molar-refractivity contribution in [2.75, 3.05) is 20.1 Å². The van der Waals surface area contributed by atoms with Gasteiger partial charge in [0.2, 0.25) is 0 Å². The fraction of sp³-hybridized carbons (Fsp3) is 0.909. The average molecular weight is 185 g/mol. The van der Waals surface area contributed by atoms with E-state index in [2.05, 4.69) is 11.9 Å². The van der Waals surface area contributed by atoms with Crippen molar-refractivity contribution < 1.29 is 4.79 Å². The van der Waals surface area contributed by atoms with Crippen molar-refractivity contribution in [1.29, 1.82) is 0 Å². The van der Waals surface area contributed by atoms with Crippen LogP contribution in [0.4, 0.5) is 0 Å². The molecular weight excluding hydrogens is 162 g/mol. The van der Waals surface area contributed by atoms with Gasteiger partial charge in [0, 0.05) is 12.3 Å². The molecule has 1 saturated heterocycles. The molecule has 0 spiro atoms. The molecule has 2 heteroatoms. The van der Waals surface area contributed by atoms with E-state index in [0.717, 1.165) is 25.9 Å². The quantitative estimate of drug-likeness (QED) is 0.658. The van der Waals surface area contributed by atoms with Crippen LogP contribution in [0, 0.1) is 5.92 Å². The molecule has 1 rings (SSSR count). The Labute approximate surface area is 82.3 Å². The molecule has 1 fully saturated rings. The molecule has 0 bridgehead atoms. The second kappa shape index (κ2) is 7.07. The van der Waals surface area contributed by atoms with Gasteiger partial charge in [-0.25, -0.2) is 0 Å². The Bertz CT molecular complexity index is 137. The summed E-state index contributed by atoms with van der Waals surface area (Å²) in [4.78, 5) is 13.5. The normalized spacial score (nSPS) is 19.1. The number of hydrogen-bond acceptors (Lipinski definition) is 2. The van der Waals surface area contributed by atoms with Gasteiger partial charge in [-0.15, -0.1) is 0 Å². The number of Topliss-reactive ketones (excluding diaryl/α,β-unsaturated/α-hetero) is 1. The van der Waals surface area contributed by atoms with Crippen molar-refractivity contribution in [3.63, 3.8) is 0 Å². The zero-order valence-electron chi connectivity index (χ0n) is 9.47. The van der Waals surface area contributed by atoms with Crippen molar-refractivity contribution in [2.45, 2.75) is 40.0 Å². The molecule has 0 aromatic carbocycles. The van der Waals surface area contributed by atoms with E-state index < -0.39 is 0 Å². The average Bonchev–Trinajstić information content (AvgIpc) is 2.21. The first kappa shape index (κ1) is 12.6. The van der Waals surface area contributed by atoms with Crippen molar-refractivity contribution >= 4 is 5.78 Å². The number of hydrogen-bond donors (Lipinski definition) is 0. The summed E-state index contributed by atoms with van der Waals surface area (Å²) in [6.07, 6.45) is 2.86. The first-order valence-electron chi connectivity index (χ1n) is 5.45. The highest BCUT2D eigenvalue weighted by Gasteiger charge is 2.21. The second-order valence-corrected chi connectivity index (χ2v) is 3.40. The van der Waals surface area contributed by atoms with E-state index >= 15 is 0 Å². The highest BCUT2D eigenvalue weighted by molar-refractivity contribution is 5.80. The molecular formula is C11H23NO. The van der Waals surface area contributed by atoms with Gasteiger partial charge in [-0.1, -0.05) is 20.8 Å². The van der Waals surface area contributed by atoms with E-state index in [1.807, 2.05) is 20.8 Å². The number of carbonyl (C=O) groups excluding carboxylic acids is 1. The summed E-state index contributed by atoms with van der Waals surface area (Å²) in [6.45, 7) is 8.15. The molecule has 0 atom stereocenters. The highest BCUT2D eigenvalue weighted by atomic mass is 16.1. The summed E-state index contributed by atoms with van der Waals surface area (Å²) < 4.78 is 0. The molecule has 1 heterocycles. The molecule has 1 aliphatic rings. The van der Waals surface area contributed by atoms with Crippen LogP contribution in [0.1, 0.15) is 40.0 Å². The van der Waals surface area contributed by atoms with Crippen LogP contribution in [-0.4, -0.2) is 30.8 Å². The van der Waals surface area contributed by atoms with Crippen molar-refractivity contribution in [3.8, 4) is 0 Å². The lowest BCUT2D eigenvalue weighted by Crippen LogP contribution is -2.33. The standard InChI is InChI=1S/C9H17NO.C2H6/c1-3-9(11)8-4-6-10(2)7-5-8;1-2/h8H,3-7H2,1-2H3;1-2H3. The Morgan fingerprint density at radius 2 is 1.77 bits per heavy atom. The topological polar surface area (TPSA) is 20.3 Å². The van der Waals surface area contributed by atoms with Crippen LogP contribution in [-0.2, 0) is 4.79 Å². The summed E-state index contributed by atoms with van der Waals surface area (Å²) >= 11 is 0. The SMILES string of the molecule is CC.CCC(=O)C1CCN(C)CC1. The van der Waals surface area contributed by atoms with Crippen LogP contribution in [0.2, 0.25) is 0 Å². The lowest BCUT2D eigenvalue weighted by molar-refractivity contribution is -0.123. The van der Waals surface area contributed by atoms with E-state index in [-0.39, 0.29) is 0 Å². The fourth-order valence-corrected chi connectivity index (χ4v) is 1.62. The highest BCUT2D eigenvalue weighted by Crippen LogP contribution is 2.17. The first-order chi connectivity index (χ1) is 6.24. The van der Waals surface area contributed by atoms with Crippen LogP contribution >= 0.6 is 0 Å². The maximum Gasteiger partial charge on any atom is 0.135 e. The third kappa shape index (κ3) is 4.41. The summed E-state index contributed by atoms with van der Waals surface area (Å²) in [6, 6.07) is 0. The molecule has 0 aromatic rings. The zero-order valence-corrected chi connectivity index (χ0v) is 9.47. The molecule has 0 amide bonds. The summed E-state index contributed by atoms with van der Waals surface area (Å²) in [5.74, 6) is 0.828. The Morgan fingerprint density at radius 1 is 1.31 bits per heavy atom. The van der Waals surface area contributed by atoms with Gasteiger partial charge in [-0.3, -0.25) is 4.79 Å².